The molecule has 3 aromatic rings. The van der Waals surface area contributed by atoms with Gasteiger partial charge in [-0.25, -0.2) is 0 Å². The molecule has 4 rings (SSSR count). The van der Waals surface area contributed by atoms with E-state index in [2.05, 4.69) is 31.0 Å². The van der Waals surface area contributed by atoms with Crippen molar-refractivity contribution in [1.82, 2.24) is 9.88 Å². The number of aryl methyl sites for hydroxylation is 2. The Morgan fingerprint density at radius 2 is 2.04 bits per heavy atom. The van der Waals surface area contributed by atoms with Gasteiger partial charge in [0.1, 0.15) is 0 Å². The summed E-state index contributed by atoms with van der Waals surface area (Å²) in [6.45, 7) is 5.45. The maximum Gasteiger partial charge on any atom is 0.271 e. The number of nitro benzene ring substituents is 1. The van der Waals surface area contributed by atoms with Crippen molar-refractivity contribution in [2.75, 3.05) is 6.54 Å². The van der Waals surface area contributed by atoms with Crippen LogP contribution in [0.4, 0.5) is 5.69 Å². The van der Waals surface area contributed by atoms with Crippen LogP contribution in [0.15, 0.2) is 36.5 Å². The molecular formula is C20H19N3O3. The fourth-order valence-corrected chi connectivity index (χ4v) is 3.81. The Morgan fingerprint density at radius 1 is 1.23 bits per heavy atom. The molecule has 2 aromatic carbocycles. The van der Waals surface area contributed by atoms with Crippen molar-refractivity contribution in [3.63, 3.8) is 0 Å². The number of nitrogens with one attached hydrogen (secondary N) is 1. The Labute approximate surface area is 150 Å². The van der Waals surface area contributed by atoms with Crippen LogP contribution >= 0.6 is 0 Å². The molecule has 2 heterocycles. The van der Waals surface area contributed by atoms with Gasteiger partial charge in [0.05, 0.1) is 16.0 Å². The second kappa shape index (κ2) is 5.98. The molecule has 1 N–H and O–H groups in total. The minimum atomic E-state index is -0.436. The lowest BCUT2D eigenvalue weighted by atomic mass is 9.93. The number of non-ortho nitro benzene ring substituents is 1. The van der Waals surface area contributed by atoms with Gasteiger partial charge in [0.25, 0.3) is 11.6 Å². The molecule has 0 fully saturated rings. The number of H-pyrrole nitrogens is 1. The van der Waals surface area contributed by atoms with E-state index in [-0.39, 0.29) is 11.6 Å². The highest BCUT2D eigenvalue weighted by molar-refractivity contribution is 6.07. The number of nitrogens with zero attached hydrogens (tertiary/aromatic N) is 2. The van der Waals surface area contributed by atoms with E-state index in [1.807, 2.05) is 4.90 Å². The third-order valence-electron chi connectivity index (χ3n) is 5.10. The van der Waals surface area contributed by atoms with Gasteiger partial charge in [-0.05, 0) is 43.0 Å². The largest absolute Gasteiger partial charge is 0.360 e. The molecule has 1 aromatic heterocycles. The lowest BCUT2D eigenvalue weighted by Crippen LogP contribution is -2.36. The molecule has 1 amide bonds. The molecule has 132 valence electrons. The Bertz CT molecular complexity index is 1050. The zero-order valence-corrected chi connectivity index (χ0v) is 14.7. The number of benzene rings is 2. The summed E-state index contributed by atoms with van der Waals surface area (Å²) in [5, 5.41) is 11.6. The molecule has 0 radical (unpaired) electrons. The zero-order chi connectivity index (χ0) is 18.4. The number of rotatable bonds is 2. The first kappa shape index (κ1) is 16.3. The highest BCUT2D eigenvalue weighted by Crippen LogP contribution is 2.28. The normalized spacial score (nSPS) is 13.7. The van der Waals surface area contributed by atoms with Gasteiger partial charge >= 0.3 is 0 Å². The molecular weight excluding hydrogens is 330 g/mol. The van der Waals surface area contributed by atoms with E-state index < -0.39 is 4.92 Å². The molecule has 1 aliphatic heterocycles. The topological polar surface area (TPSA) is 79.2 Å². The molecule has 0 saturated heterocycles. The predicted molar refractivity (Wildman–Crippen MR) is 99.3 cm³/mol. The minimum Gasteiger partial charge on any atom is -0.360 e. The van der Waals surface area contributed by atoms with Gasteiger partial charge in [-0.3, -0.25) is 14.9 Å². The summed E-state index contributed by atoms with van der Waals surface area (Å²) in [5.41, 5.74) is 6.18. The molecule has 0 unspecified atom stereocenters. The molecule has 0 atom stereocenters. The van der Waals surface area contributed by atoms with Crippen LogP contribution in [0.3, 0.4) is 0 Å². The summed E-state index contributed by atoms with van der Waals surface area (Å²) in [7, 11) is 0. The fourth-order valence-electron chi connectivity index (χ4n) is 3.81. The van der Waals surface area contributed by atoms with Crippen LogP contribution in [-0.2, 0) is 13.0 Å². The molecule has 6 heteroatoms. The minimum absolute atomic E-state index is 0.0104. The van der Waals surface area contributed by atoms with Gasteiger partial charge in [-0.1, -0.05) is 17.7 Å². The summed E-state index contributed by atoms with van der Waals surface area (Å²) < 4.78 is 0. The number of carbonyl (C=O) groups excluding carboxylic acids is 1. The Balaban J connectivity index is 1.66. The smallest absolute Gasteiger partial charge is 0.271 e. The monoisotopic (exact) mass is 349 g/mol. The second-order valence-corrected chi connectivity index (χ2v) is 6.89. The first-order valence-electron chi connectivity index (χ1n) is 8.58. The van der Waals surface area contributed by atoms with Crippen molar-refractivity contribution >= 4 is 22.5 Å². The third-order valence-corrected chi connectivity index (χ3v) is 5.10. The van der Waals surface area contributed by atoms with Crippen molar-refractivity contribution in [1.29, 1.82) is 0 Å². The lowest BCUT2D eigenvalue weighted by molar-refractivity contribution is -0.384. The van der Waals surface area contributed by atoms with E-state index in [1.165, 1.54) is 34.4 Å². The number of aromatic amines is 1. The van der Waals surface area contributed by atoms with Crippen molar-refractivity contribution in [3.8, 4) is 0 Å². The average molecular weight is 349 g/mol. The van der Waals surface area contributed by atoms with Crippen LogP contribution in [0.1, 0.15) is 32.6 Å². The maximum atomic E-state index is 13.1. The van der Waals surface area contributed by atoms with Crippen molar-refractivity contribution in [3.05, 3.63) is 74.5 Å². The maximum absolute atomic E-state index is 13.1. The van der Waals surface area contributed by atoms with Gasteiger partial charge in [0.2, 0.25) is 0 Å². The Kier molecular flexibility index (Phi) is 3.76. The van der Waals surface area contributed by atoms with Crippen LogP contribution in [0.2, 0.25) is 0 Å². The van der Waals surface area contributed by atoms with E-state index in [4.69, 9.17) is 0 Å². The van der Waals surface area contributed by atoms with Crippen molar-refractivity contribution in [2.45, 2.75) is 26.8 Å². The zero-order valence-electron chi connectivity index (χ0n) is 14.7. The van der Waals surface area contributed by atoms with Crippen molar-refractivity contribution in [2.24, 2.45) is 0 Å². The number of nitro groups is 1. The molecule has 6 nitrogen and oxygen atoms in total. The van der Waals surface area contributed by atoms with Gasteiger partial charge in [-0.15, -0.1) is 0 Å². The Hall–Kier alpha value is -3.15. The van der Waals surface area contributed by atoms with Crippen LogP contribution < -0.4 is 0 Å². The molecule has 0 spiro atoms. The van der Waals surface area contributed by atoms with E-state index in [9.17, 15) is 14.9 Å². The molecule has 0 saturated carbocycles. The van der Waals surface area contributed by atoms with E-state index in [1.54, 1.807) is 12.3 Å². The van der Waals surface area contributed by atoms with E-state index in [0.717, 1.165) is 6.42 Å². The third kappa shape index (κ3) is 2.63. The summed E-state index contributed by atoms with van der Waals surface area (Å²) in [4.78, 5) is 28.4. The molecule has 1 aliphatic rings. The van der Waals surface area contributed by atoms with Crippen molar-refractivity contribution < 1.29 is 9.72 Å². The molecule has 0 bridgehead atoms. The molecule has 26 heavy (non-hydrogen) atoms. The standard InChI is InChI=1S/C20H19N3O3/c1-12-7-13(2)18-11-22(6-5-14(18)8-12)20(24)17-10-21-19-9-15(23(25)26)3-4-16(17)19/h3-4,7-10,21H,5-6,11H2,1-2H3. The number of hydrogen-bond donors (Lipinski definition) is 1. The van der Waals surface area contributed by atoms with Crippen LogP contribution in [0.25, 0.3) is 10.9 Å². The van der Waals surface area contributed by atoms with Gasteiger partial charge in [-0.2, -0.15) is 0 Å². The predicted octanol–water partition coefficient (Wildman–Crippen LogP) is 3.89. The Morgan fingerprint density at radius 3 is 2.81 bits per heavy atom. The average Bonchev–Trinajstić information content (AvgIpc) is 3.03. The number of carbonyl (C=O) groups is 1. The highest BCUT2D eigenvalue weighted by Gasteiger charge is 2.25. The second-order valence-electron chi connectivity index (χ2n) is 6.89. The SMILES string of the molecule is Cc1cc(C)c2c(c1)CCN(C(=O)c1c[nH]c3cc([N+](=O)[O-])ccc13)C2. The molecule has 0 aliphatic carbocycles. The van der Waals surface area contributed by atoms with E-state index in [0.29, 0.717) is 29.6 Å². The summed E-state index contributed by atoms with van der Waals surface area (Å²) >= 11 is 0. The van der Waals surface area contributed by atoms with Gasteiger partial charge in [0.15, 0.2) is 0 Å². The number of amides is 1. The first-order valence-corrected chi connectivity index (χ1v) is 8.58. The number of hydrogen-bond acceptors (Lipinski definition) is 3. The first-order chi connectivity index (χ1) is 12.4. The van der Waals surface area contributed by atoms with Crippen LogP contribution in [-0.4, -0.2) is 27.3 Å². The highest BCUT2D eigenvalue weighted by atomic mass is 16.6. The van der Waals surface area contributed by atoms with Gasteiger partial charge in [0, 0.05) is 36.8 Å². The number of aromatic nitrogens is 1. The van der Waals surface area contributed by atoms with Crippen LogP contribution in [0.5, 0.6) is 0 Å². The number of fused-ring (bicyclic) bond motifs is 2. The summed E-state index contributed by atoms with van der Waals surface area (Å²) in [5.74, 6) is -0.0456. The van der Waals surface area contributed by atoms with Crippen LogP contribution in [0, 0.1) is 24.0 Å². The summed E-state index contributed by atoms with van der Waals surface area (Å²) in [6, 6.07) is 8.90. The quantitative estimate of drug-likeness (QED) is 0.563. The van der Waals surface area contributed by atoms with E-state index >= 15 is 0 Å². The summed E-state index contributed by atoms with van der Waals surface area (Å²) in [6.07, 6.45) is 2.49. The van der Waals surface area contributed by atoms with Gasteiger partial charge < -0.3 is 9.88 Å². The lowest BCUT2D eigenvalue weighted by Gasteiger charge is -2.30. The fraction of sp³-hybridized carbons (Fsp3) is 0.250.